The molecule has 0 bridgehead atoms. The molecule has 1 heterocycles. The molecule has 0 aliphatic carbocycles. The lowest BCUT2D eigenvalue weighted by Gasteiger charge is -2.27. The fourth-order valence-electron chi connectivity index (χ4n) is 3.12. The van der Waals surface area contributed by atoms with E-state index in [0.29, 0.717) is 16.8 Å². The number of rotatable bonds is 8. The van der Waals surface area contributed by atoms with Gasteiger partial charge in [0.05, 0.1) is 17.0 Å². The number of hydrogen-bond donors (Lipinski definition) is 3. The number of ether oxygens (including phenoxy) is 1. The molecular weight excluding hydrogens is 533 g/mol. The summed E-state index contributed by atoms with van der Waals surface area (Å²) >= 11 is 19.4. The summed E-state index contributed by atoms with van der Waals surface area (Å²) in [4.78, 5) is 38.8. The van der Waals surface area contributed by atoms with Crippen LogP contribution in [0.15, 0.2) is 60.7 Å². The molecule has 3 rings (SSSR count). The van der Waals surface area contributed by atoms with Crippen LogP contribution in [0.3, 0.4) is 0 Å². The quantitative estimate of drug-likeness (QED) is 0.180. The highest BCUT2D eigenvalue weighted by molar-refractivity contribution is 7.18. The van der Waals surface area contributed by atoms with Crippen molar-refractivity contribution in [2.24, 2.45) is 0 Å². The summed E-state index contributed by atoms with van der Waals surface area (Å²) in [6, 6.07) is 17.3. The molecule has 11 heteroatoms. The van der Waals surface area contributed by atoms with E-state index in [0.717, 1.165) is 11.3 Å². The highest BCUT2D eigenvalue weighted by atomic mass is 35.6. The van der Waals surface area contributed by atoms with Gasteiger partial charge in [0.15, 0.2) is 0 Å². The number of carbonyl (C=O) groups is 3. The third-order valence-electron chi connectivity index (χ3n) is 4.78. The molecule has 0 radical (unpaired) electrons. The first kappa shape index (κ1) is 26.8. The molecule has 0 saturated carbocycles. The largest absolute Gasteiger partial charge is 0.462 e. The second-order valence-corrected chi connectivity index (χ2v) is 10.6. The molecular formula is C24H22Cl3N3O4S. The Labute approximate surface area is 221 Å². The summed E-state index contributed by atoms with van der Waals surface area (Å²) in [5.74, 6) is -1.57. The molecule has 35 heavy (non-hydrogen) atoms. The normalized spacial score (nSPS) is 11.9. The average molecular weight is 555 g/mol. The maximum Gasteiger partial charge on any atom is 0.341 e. The molecule has 0 aliphatic heterocycles. The summed E-state index contributed by atoms with van der Waals surface area (Å²) < 4.78 is 3.19. The van der Waals surface area contributed by atoms with E-state index in [-0.39, 0.29) is 22.0 Å². The number of benzene rings is 2. The van der Waals surface area contributed by atoms with E-state index in [4.69, 9.17) is 39.5 Å². The third-order valence-corrected chi connectivity index (χ3v) is 6.65. The number of alkyl halides is 3. The summed E-state index contributed by atoms with van der Waals surface area (Å²) in [6.07, 6.45) is -1.24. The predicted molar refractivity (Wildman–Crippen MR) is 141 cm³/mol. The van der Waals surface area contributed by atoms with Crippen molar-refractivity contribution in [3.05, 3.63) is 82.2 Å². The number of nitrogens with one attached hydrogen (secondary N) is 3. The van der Waals surface area contributed by atoms with E-state index in [9.17, 15) is 14.4 Å². The standard InChI is InChI=1S/C24H22Cl3N3O4S/c1-3-34-22(33)17-14(2)18(20(32)28-16-12-8-5-9-13-16)35-21(17)30-23(24(25,26)27)29-19(31)15-10-6-4-7-11-15/h4-13,23,30H,3H2,1-2H3,(H,28,32)(H,29,31)/t23-/m0/s1. The van der Waals surface area contributed by atoms with Gasteiger partial charge >= 0.3 is 5.97 Å². The highest BCUT2D eigenvalue weighted by Crippen LogP contribution is 2.38. The van der Waals surface area contributed by atoms with Gasteiger partial charge in [0.1, 0.15) is 11.2 Å². The van der Waals surface area contributed by atoms with E-state index in [1.807, 2.05) is 6.07 Å². The lowest BCUT2D eigenvalue weighted by Crippen LogP contribution is -2.49. The lowest BCUT2D eigenvalue weighted by molar-refractivity contribution is 0.0527. The topological polar surface area (TPSA) is 96.5 Å². The average Bonchev–Trinajstić information content (AvgIpc) is 3.15. The van der Waals surface area contributed by atoms with Crippen LogP contribution in [0.5, 0.6) is 0 Å². The van der Waals surface area contributed by atoms with Crippen LogP contribution in [-0.4, -0.2) is 34.3 Å². The van der Waals surface area contributed by atoms with Crippen molar-refractivity contribution in [1.29, 1.82) is 0 Å². The number of anilines is 2. The molecule has 2 amide bonds. The van der Waals surface area contributed by atoms with Crippen LogP contribution in [0.25, 0.3) is 0 Å². The molecule has 0 spiro atoms. The third kappa shape index (κ3) is 6.89. The zero-order valence-corrected chi connectivity index (χ0v) is 21.8. The molecule has 3 aromatic rings. The van der Waals surface area contributed by atoms with Gasteiger partial charge in [-0.05, 0) is 43.7 Å². The zero-order chi connectivity index (χ0) is 25.6. The number of esters is 1. The van der Waals surface area contributed by atoms with Crippen molar-refractivity contribution in [1.82, 2.24) is 5.32 Å². The Morgan fingerprint density at radius 3 is 2.14 bits per heavy atom. The van der Waals surface area contributed by atoms with Crippen molar-refractivity contribution in [3.63, 3.8) is 0 Å². The van der Waals surface area contributed by atoms with Gasteiger partial charge in [-0.3, -0.25) is 9.59 Å². The Kier molecular flexibility index (Phi) is 9.02. The van der Waals surface area contributed by atoms with E-state index in [1.165, 1.54) is 0 Å². The lowest BCUT2D eigenvalue weighted by atomic mass is 10.1. The Bertz CT molecular complexity index is 1200. The second-order valence-electron chi connectivity index (χ2n) is 7.26. The summed E-state index contributed by atoms with van der Waals surface area (Å²) in [6.45, 7) is 3.42. The van der Waals surface area contributed by atoms with Crippen LogP contribution in [0, 0.1) is 6.92 Å². The minimum Gasteiger partial charge on any atom is -0.462 e. The van der Waals surface area contributed by atoms with Crippen LogP contribution in [0.1, 0.15) is 42.9 Å². The van der Waals surface area contributed by atoms with Gasteiger partial charge in [-0.2, -0.15) is 0 Å². The molecule has 1 atom stereocenters. The van der Waals surface area contributed by atoms with Crippen LogP contribution >= 0.6 is 46.1 Å². The number of hydrogen-bond acceptors (Lipinski definition) is 6. The smallest absolute Gasteiger partial charge is 0.341 e. The Hall–Kier alpha value is -2.78. The van der Waals surface area contributed by atoms with Crippen LogP contribution < -0.4 is 16.0 Å². The summed E-state index contributed by atoms with van der Waals surface area (Å²) in [5, 5.41) is 8.55. The summed E-state index contributed by atoms with van der Waals surface area (Å²) in [5.41, 5.74) is 1.45. The fourth-order valence-corrected chi connectivity index (χ4v) is 4.57. The number of amides is 2. The van der Waals surface area contributed by atoms with E-state index >= 15 is 0 Å². The molecule has 184 valence electrons. The monoisotopic (exact) mass is 553 g/mol. The summed E-state index contributed by atoms with van der Waals surface area (Å²) in [7, 11) is 0. The predicted octanol–water partition coefficient (Wildman–Crippen LogP) is 6.02. The number of thiophene rings is 1. The van der Waals surface area contributed by atoms with Gasteiger partial charge in [0, 0.05) is 11.3 Å². The van der Waals surface area contributed by atoms with Gasteiger partial charge in [-0.25, -0.2) is 4.79 Å². The van der Waals surface area contributed by atoms with Crippen LogP contribution in [-0.2, 0) is 4.74 Å². The van der Waals surface area contributed by atoms with Crippen LogP contribution in [0.2, 0.25) is 0 Å². The minimum atomic E-state index is -2.00. The van der Waals surface area contributed by atoms with Crippen LogP contribution in [0.4, 0.5) is 10.7 Å². The molecule has 0 unspecified atom stereocenters. The minimum absolute atomic E-state index is 0.114. The maximum atomic E-state index is 13.0. The molecule has 0 fully saturated rings. The van der Waals surface area contributed by atoms with E-state index < -0.39 is 27.7 Å². The van der Waals surface area contributed by atoms with Crippen molar-refractivity contribution in [2.45, 2.75) is 23.8 Å². The van der Waals surface area contributed by atoms with Crippen molar-refractivity contribution in [3.8, 4) is 0 Å². The van der Waals surface area contributed by atoms with Gasteiger partial charge in [0.2, 0.25) is 3.79 Å². The van der Waals surface area contributed by atoms with E-state index in [1.54, 1.807) is 68.4 Å². The molecule has 1 aromatic heterocycles. The molecule has 7 nitrogen and oxygen atoms in total. The van der Waals surface area contributed by atoms with Gasteiger partial charge < -0.3 is 20.7 Å². The first-order valence-electron chi connectivity index (χ1n) is 10.5. The van der Waals surface area contributed by atoms with Gasteiger partial charge in [0.25, 0.3) is 11.8 Å². The maximum absolute atomic E-state index is 13.0. The molecule has 2 aromatic carbocycles. The number of halogens is 3. The fraction of sp³-hybridized carbons (Fsp3) is 0.208. The van der Waals surface area contributed by atoms with E-state index in [2.05, 4.69) is 16.0 Å². The highest BCUT2D eigenvalue weighted by Gasteiger charge is 2.37. The van der Waals surface area contributed by atoms with Crippen molar-refractivity contribution in [2.75, 3.05) is 17.2 Å². The van der Waals surface area contributed by atoms with Gasteiger partial charge in [-0.15, -0.1) is 11.3 Å². The Balaban J connectivity index is 1.95. The Morgan fingerprint density at radius 2 is 1.57 bits per heavy atom. The molecule has 0 aliphatic rings. The zero-order valence-electron chi connectivity index (χ0n) is 18.7. The molecule has 0 saturated heterocycles. The molecule has 3 N–H and O–H groups in total. The number of para-hydroxylation sites is 1. The Morgan fingerprint density at radius 1 is 0.971 bits per heavy atom. The number of carbonyl (C=O) groups excluding carboxylic acids is 3. The first-order valence-corrected chi connectivity index (χ1v) is 12.4. The van der Waals surface area contributed by atoms with Gasteiger partial charge in [-0.1, -0.05) is 71.2 Å². The van der Waals surface area contributed by atoms with Crippen molar-refractivity contribution < 1.29 is 19.1 Å². The second kappa shape index (κ2) is 11.8. The first-order chi connectivity index (χ1) is 16.6. The van der Waals surface area contributed by atoms with Crippen molar-refractivity contribution >= 4 is 74.6 Å². The SMILES string of the molecule is CCOC(=O)c1c(N[C@H](NC(=O)c2ccccc2)C(Cl)(Cl)Cl)sc(C(=O)Nc2ccccc2)c1C.